The van der Waals surface area contributed by atoms with Crippen molar-refractivity contribution in [3.05, 3.63) is 86.0 Å². The first-order chi connectivity index (χ1) is 18.5. The van der Waals surface area contributed by atoms with Crippen LogP contribution in [0.25, 0.3) is 18.3 Å². The average molecular weight is 536 g/mol. The Morgan fingerprint density at radius 3 is 1.97 bits per heavy atom. The van der Waals surface area contributed by atoms with E-state index in [1.807, 2.05) is 0 Å². The molecular weight excluding hydrogens is 510 g/mol. The van der Waals surface area contributed by atoms with Crippen LogP contribution in [0.4, 0.5) is 5.69 Å². The number of ether oxygens (including phenoxy) is 2. The molecule has 0 spiro atoms. The van der Waals surface area contributed by atoms with Gasteiger partial charge in [0.25, 0.3) is 11.5 Å². The van der Waals surface area contributed by atoms with Crippen LogP contribution in [0.2, 0.25) is 0 Å². The first kappa shape index (κ1) is 28.2. The number of benzene rings is 2. The molecule has 3 aromatic rings. The number of carbonyl (C=O) groups is 4. The third kappa shape index (κ3) is 6.13. The van der Waals surface area contributed by atoms with Gasteiger partial charge >= 0.3 is 17.9 Å². The third-order valence-corrected chi connectivity index (χ3v) is 5.78. The number of anilines is 1. The zero-order valence-electron chi connectivity index (χ0n) is 21.0. The summed E-state index contributed by atoms with van der Waals surface area (Å²) in [4.78, 5) is 61.9. The number of aromatic nitrogens is 1. The Labute approximate surface area is 221 Å². The molecule has 3 rings (SSSR count). The molecular formula is C27H25N3O9. The van der Waals surface area contributed by atoms with Gasteiger partial charge in [-0.3, -0.25) is 19.2 Å². The Hall–Kier alpha value is -5.39. The van der Waals surface area contributed by atoms with Crippen molar-refractivity contribution in [2.45, 2.75) is 0 Å². The highest BCUT2D eigenvalue weighted by Gasteiger charge is 2.19. The number of aromatic carboxylic acids is 1. The quantitative estimate of drug-likeness (QED) is 0.309. The van der Waals surface area contributed by atoms with Gasteiger partial charge in [0, 0.05) is 10.9 Å². The maximum atomic E-state index is 13.4. The van der Waals surface area contributed by atoms with E-state index in [4.69, 9.17) is 10.8 Å². The summed E-state index contributed by atoms with van der Waals surface area (Å²) in [5, 5.41) is 19.7. The van der Waals surface area contributed by atoms with Gasteiger partial charge in [-0.05, 0) is 53.3 Å². The van der Waals surface area contributed by atoms with E-state index in [2.05, 4.69) is 16.1 Å². The zero-order valence-corrected chi connectivity index (χ0v) is 21.0. The lowest BCUT2D eigenvalue weighted by molar-refractivity contribution is -0.140. The summed E-state index contributed by atoms with van der Waals surface area (Å²) < 4.78 is 10.2. The number of hydrogen-bond acceptors (Lipinski definition) is 9. The number of amides is 1. The molecule has 0 saturated carbocycles. The van der Waals surface area contributed by atoms with Gasteiger partial charge in [-0.1, -0.05) is 18.7 Å². The first-order valence-electron chi connectivity index (χ1n) is 11.3. The second-order valence-electron chi connectivity index (χ2n) is 8.19. The molecule has 2 aromatic carbocycles. The van der Waals surface area contributed by atoms with Crippen molar-refractivity contribution in [3.63, 3.8) is 0 Å². The molecule has 0 unspecified atom stereocenters. The highest BCUT2D eigenvalue weighted by molar-refractivity contribution is 5.95. The Bertz CT molecular complexity index is 1590. The number of carboxylic acid groups (broad SMARTS) is 1. The van der Waals surface area contributed by atoms with Crippen molar-refractivity contribution in [2.75, 3.05) is 32.2 Å². The van der Waals surface area contributed by atoms with E-state index in [9.17, 15) is 29.1 Å². The van der Waals surface area contributed by atoms with Gasteiger partial charge in [0.15, 0.2) is 0 Å². The van der Waals surface area contributed by atoms with Crippen molar-refractivity contribution in [1.82, 2.24) is 4.57 Å². The predicted octanol–water partition coefficient (Wildman–Crippen LogP) is -0.268. The number of nitrogens with zero attached hydrogens (tertiary/aromatic N) is 2. The van der Waals surface area contributed by atoms with Gasteiger partial charge in [-0.25, -0.2) is 9.36 Å². The van der Waals surface area contributed by atoms with E-state index in [1.54, 1.807) is 24.3 Å². The number of carbonyl (C=O) groups excluding carboxylic acids is 3. The monoisotopic (exact) mass is 535 g/mol. The average Bonchev–Trinajstić information content (AvgIpc) is 2.91. The largest absolute Gasteiger partial charge is 0.494 e. The summed E-state index contributed by atoms with van der Waals surface area (Å²) in [6.45, 7) is 3.33. The lowest BCUT2D eigenvalue weighted by Crippen LogP contribution is -2.47. The normalized spacial score (nSPS) is 11.1. The molecule has 0 aliphatic carbocycles. The van der Waals surface area contributed by atoms with E-state index in [0.29, 0.717) is 11.3 Å². The van der Waals surface area contributed by atoms with E-state index < -0.39 is 35.3 Å². The van der Waals surface area contributed by atoms with Gasteiger partial charge in [-0.15, -0.1) is 0 Å². The fraction of sp³-hybridized carbons (Fsp3) is 0.148. The third-order valence-electron chi connectivity index (χ3n) is 5.78. The predicted molar refractivity (Wildman–Crippen MR) is 140 cm³/mol. The molecule has 4 N–H and O–H groups in total. The standard InChI is InChI=1S/C27H25N3O9/c1-15-20(12-16-4-8-18(9-5-16)29(13-21(31)38-2)14-22(32)39-3)25(34)30(26(35)23(15)24(28)33)19-10-6-17(7-11-19)27(36)37/h4-12,35H,1,13-14H2,2-3H3,(H2,28,33)(H,36,37). The summed E-state index contributed by atoms with van der Waals surface area (Å²) in [5.74, 6) is -4.10. The minimum Gasteiger partial charge on any atom is -0.494 e. The van der Waals surface area contributed by atoms with Crippen molar-refractivity contribution >= 4 is 42.2 Å². The molecule has 1 aromatic heterocycles. The van der Waals surface area contributed by atoms with Crippen LogP contribution in [0, 0.1) is 0 Å². The van der Waals surface area contributed by atoms with Crippen LogP contribution in [0.1, 0.15) is 26.3 Å². The fourth-order valence-corrected chi connectivity index (χ4v) is 3.75. The molecule has 202 valence electrons. The number of esters is 2. The molecule has 0 saturated heterocycles. The Morgan fingerprint density at radius 2 is 1.51 bits per heavy atom. The molecule has 0 bridgehead atoms. The topological polar surface area (TPSA) is 178 Å². The van der Waals surface area contributed by atoms with Crippen molar-refractivity contribution in [3.8, 4) is 11.6 Å². The van der Waals surface area contributed by atoms with Gasteiger partial charge in [-0.2, -0.15) is 0 Å². The molecule has 0 aliphatic heterocycles. The highest BCUT2D eigenvalue weighted by atomic mass is 16.5. The van der Waals surface area contributed by atoms with Crippen LogP contribution >= 0.6 is 0 Å². The Kier molecular flexibility index (Phi) is 8.51. The second-order valence-corrected chi connectivity index (χ2v) is 8.19. The second kappa shape index (κ2) is 11.8. The van der Waals surface area contributed by atoms with Crippen LogP contribution in [0.15, 0.2) is 53.3 Å². The van der Waals surface area contributed by atoms with Crippen LogP contribution in [0.5, 0.6) is 5.88 Å². The van der Waals surface area contributed by atoms with Gasteiger partial charge in [0.05, 0.1) is 25.5 Å². The molecule has 12 heteroatoms. The number of primary amides is 1. The van der Waals surface area contributed by atoms with Gasteiger partial charge in [0.1, 0.15) is 18.7 Å². The molecule has 1 heterocycles. The SMILES string of the molecule is C=c1c(C(N)=O)c(O)n(-c2ccc(C(=O)O)cc2)c(=O)c1=Cc1ccc(N(CC(=O)OC)CC(=O)OC)cc1. The van der Waals surface area contributed by atoms with E-state index >= 15 is 0 Å². The van der Waals surface area contributed by atoms with E-state index in [1.165, 1.54) is 49.5 Å². The highest BCUT2D eigenvalue weighted by Crippen LogP contribution is 2.18. The van der Waals surface area contributed by atoms with E-state index in [-0.39, 0.29) is 40.3 Å². The van der Waals surface area contributed by atoms with Crippen molar-refractivity contribution in [1.29, 1.82) is 0 Å². The van der Waals surface area contributed by atoms with Crippen LogP contribution < -0.4 is 26.6 Å². The van der Waals surface area contributed by atoms with Crippen molar-refractivity contribution in [2.24, 2.45) is 5.73 Å². The summed E-state index contributed by atoms with van der Waals surface area (Å²) in [6.07, 6.45) is 1.42. The molecule has 1 amide bonds. The van der Waals surface area contributed by atoms with Gasteiger partial charge < -0.3 is 30.3 Å². The molecule has 39 heavy (non-hydrogen) atoms. The van der Waals surface area contributed by atoms with E-state index in [0.717, 1.165) is 4.57 Å². The van der Waals surface area contributed by atoms with Crippen LogP contribution in [-0.2, 0) is 19.1 Å². The lowest BCUT2D eigenvalue weighted by atomic mass is 10.1. The number of hydrogen-bond donors (Lipinski definition) is 3. The molecule has 0 radical (unpaired) electrons. The summed E-state index contributed by atoms with van der Waals surface area (Å²) in [6, 6.07) is 11.5. The molecule has 0 aliphatic rings. The van der Waals surface area contributed by atoms with Crippen molar-refractivity contribution < 1.29 is 38.9 Å². The fourth-order valence-electron chi connectivity index (χ4n) is 3.75. The summed E-state index contributed by atoms with van der Waals surface area (Å²) in [7, 11) is 2.44. The number of nitrogens with two attached hydrogens (primary N) is 1. The lowest BCUT2D eigenvalue weighted by Gasteiger charge is -2.22. The zero-order chi connectivity index (χ0) is 28.9. The number of aromatic hydroxyl groups is 1. The maximum absolute atomic E-state index is 13.4. The number of methoxy groups -OCH3 is 2. The Morgan fingerprint density at radius 1 is 0.974 bits per heavy atom. The van der Waals surface area contributed by atoms with Crippen LogP contribution in [-0.4, -0.2) is 65.9 Å². The minimum atomic E-state index is -1.18. The number of pyridine rings is 1. The molecule has 0 atom stereocenters. The first-order valence-corrected chi connectivity index (χ1v) is 11.3. The molecule has 0 fully saturated rings. The maximum Gasteiger partial charge on any atom is 0.335 e. The molecule has 12 nitrogen and oxygen atoms in total. The number of rotatable bonds is 9. The van der Waals surface area contributed by atoms with Gasteiger partial charge in [0.2, 0.25) is 5.88 Å². The number of carboxylic acids is 1. The smallest absolute Gasteiger partial charge is 0.335 e. The summed E-state index contributed by atoms with van der Waals surface area (Å²) in [5.41, 5.74) is 5.35. The summed E-state index contributed by atoms with van der Waals surface area (Å²) >= 11 is 0. The minimum absolute atomic E-state index is 0.0458. The Balaban J connectivity index is 2.16. The van der Waals surface area contributed by atoms with Crippen LogP contribution in [0.3, 0.4) is 0 Å².